The first-order chi connectivity index (χ1) is 12.9. The van der Waals surface area contributed by atoms with E-state index in [9.17, 15) is 14.9 Å². The Kier molecular flexibility index (Phi) is 5.11. The summed E-state index contributed by atoms with van der Waals surface area (Å²) in [7, 11) is 0. The quantitative estimate of drug-likeness (QED) is 0.362. The van der Waals surface area contributed by atoms with Crippen LogP contribution in [0.4, 0.5) is 11.7 Å². The van der Waals surface area contributed by atoms with Gasteiger partial charge in [-0.1, -0.05) is 0 Å². The summed E-state index contributed by atoms with van der Waals surface area (Å²) >= 11 is 0. The molecule has 3 aromatic heterocycles. The summed E-state index contributed by atoms with van der Waals surface area (Å²) in [5.74, 6) is 1.57. The molecule has 11 nitrogen and oxygen atoms in total. The summed E-state index contributed by atoms with van der Waals surface area (Å²) in [5, 5.41) is 16.3. The molecule has 0 aliphatic carbocycles. The molecule has 0 saturated carbocycles. The van der Waals surface area contributed by atoms with Crippen molar-refractivity contribution in [2.45, 2.75) is 13.8 Å². The van der Waals surface area contributed by atoms with Crippen LogP contribution in [0.3, 0.4) is 0 Å². The van der Waals surface area contributed by atoms with E-state index in [1.165, 1.54) is 6.07 Å². The van der Waals surface area contributed by atoms with Gasteiger partial charge in [0.15, 0.2) is 5.76 Å². The van der Waals surface area contributed by atoms with E-state index in [2.05, 4.69) is 25.6 Å². The number of hydrogen-bond donors (Lipinski definition) is 2. The number of aryl methyl sites for hydroxylation is 2. The van der Waals surface area contributed by atoms with Gasteiger partial charge in [0, 0.05) is 31.5 Å². The van der Waals surface area contributed by atoms with Gasteiger partial charge in [0.05, 0.1) is 6.07 Å². The molecule has 0 unspecified atom stereocenters. The van der Waals surface area contributed by atoms with Gasteiger partial charge < -0.3 is 15.1 Å². The minimum absolute atomic E-state index is 0.113. The van der Waals surface area contributed by atoms with Crippen molar-refractivity contribution in [1.82, 2.24) is 24.8 Å². The Morgan fingerprint density at radius 1 is 1.30 bits per heavy atom. The number of carbonyl (C=O) groups is 1. The molecule has 0 radical (unpaired) electrons. The average Bonchev–Trinajstić information content (AvgIpc) is 3.27. The number of aromatic nitrogens is 4. The lowest BCUT2D eigenvalue weighted by Gasteiger charge is -2.10. The first kappa shape index (κ1) is 18.0. The lowest BCUT2D eigenvalue weighted by atomic mass is 10.4. The fourth-order valence-corrected chi connectivity index (χ4v) is 2.39. The van der Waals surface area contributed by atoms with E-state index in [0.29, 0.717) is 24.0 Å². The lowest BCUT2D eigenvalue weighted by molar-refractivity contribution is -0.402. The van der Waals surface area contributed by atoms with Crippen molar-refractivity contribution in [1.29, 1.82) is 0 Å². The molecule has 0 aliphatic heterocycles. The van der Waals surface area contributed by atoms with E-state index in [1.54, 1.807) is 19.2 Å². The molecule has 1 amide bonds. The molecule has 3 aromatic rings. The SMILES string of the molecule is Cc1nc(NCCNC(=O)c2ccc([N+](=O)[O-])o2)cc(-n2ccnc2C)n1. The summed E-state index contributed by atoms with van der Waals surface area (Å²) in [5.41, 5.74) is 0. The summed E-state index contributed by atoms with van der Waals surface area (Å²) in [6, 6.07) is 4.17. The monoisotopic (exact) mass is 371 g/mol. The molecule has 0 fully saturated rings. The van der Waals surface area contributed by atoms with Gasteiger partial charge in [0.2, 0.25) is 0 Å². The van der Waals surface area contributed by atoms with Gasteiger partial charge >= 0.3 is 5.88 Å². The van der Waals surface area contributed by atoms with Crippen LogP contribution in [-0.4, -0.2) is 43.4 Å². The number of hydrogen-bond acceptors (Lipinski definition) is 8. The Balaban J connectivity index is 1.56. The molecule has 0 saturated heterocycles. The Hall–Kier alpha value is -3.76. The number of anilines is 1. The van der Waals surface area contributed by atoms with Crippen LogP contribution < -0.4 is 10.6 Å². The van der Waals surface area contributed by atoms with E-state index < -0.39 is 16.7 Å². The van der Waals surface area contributed by atoms with E-state index in [4.69, 9.17) is 4.42 Å². The normalized spacial score (nSPS) is 10.6. The number of nitro groups is 1. The van der Waals surface area contributed by atoms with Crippen molar-refractivity contribution in [3.05, 3.63) is 58.1 Å². The summed E-state index contributed by atoms with van der Waals surface area (Å²) < 4.78 is 6.68. The molecular formula is C16H17N7O4. The zero-order chi connectivity index (χ0) is 19.4. The van der Waals surface area contributed by atoms with Gasteiger partial charge in [-0.05, 0) is 19.9 Å². The second kappa shape index (κ2) is 7.64. The van der Waals surface area contributed by atoms with Gasteiger partial charge in [0.25, 0.3) is 5.91 Å². The minimum Gasteiger partial charge on any atom is -0.395 e. The third-order valence-corrected chi connectivity index (χ3v) is 3.61. The molecule has 11 heteroatoms. The Labute approximate surface area is 153 Å². The minimum atomic E-state index is -0.699. The van der Waals surface area contributed by atoms with Gasteiger partial charge in [-0.3, -0.25) is 19.5 Å². The maximum atomic E-state index is 11.9. The Morgan fingerprint density at radius 3 is 2.78 bits per heavy atom. The largest absolute Gasteiger partial charge is 0.433 e. The predicted molar refractivity (Wildman–Crippen MR) is 94.8 cm³/mol. The maximum absolute atomic E-state index is 11.9. The predicted octanol–water partition coefficient (Wildman–Crippen LogP) is 1.62. The van der Waals surface area contributed by atoms with Gasteiger partial charge in [0.1, 0.15) is 28.2 Å². The van der Waals surface area contributed by atoms with Crippen LogP contribution in [0.5, 0.6) is 0 Å². The van der Waals surface area contributed by atoms with Crippen LogP contribution in [0, 0.1) is 24.0 Å². The zero-order valence-corrected chi connectivity index (χ0v) is 14.7. The fraction of sp³-hybridized carbons (Fsp3) is 0.250. The Morgan fingerprint density at radius 2 is 2.11 bits per heavy atom. The van der Waals surface area contributed by atoms with Crippen LogP contribution in [-0.2, 0) is 0 Å². The van der Waals surface area contributed by atoms with Crippen molar-refractivity contribution in [2.24, 2.45) is 0 Å². The first-order valence-corrected chi connectivity index (χ1v) is 8.06. The smallest absolute Gasteiger partial charge is 0.395 e. The second-order valence-electron chi connectivity index (χ2n) is 5.58. The van der Waals surface area contributed by atoms with Gasteiger partial charge in [-0.15, -0.1) is 0 Å². The van der Waals surface area contributed by atoms with Crippen molar-refractivity contribution in [3.63, 3.8) is 0 Å². The number of furan rings is 1. The van der Waals surface area contributed by atoms with Crippen molar-refractivity contribution < 1.29 is 14.1 Å². The summed E-state index contributed by atoms with van der Waals surface area (Å²) in [6.07, 6.45) is 3.50. The number of rotatable bonds is 7. The number of carbonyl (C=O) groups excluding carboxylic acids is 1. The van der Waals surface area contributed by atoms with E-state index >= 15 is 0 Å². The molecule has 2 N–H and O–H groups in total. The molecule has 0 bridgehead atoms. The Bertz CT molecular complexity index is 979. The van der Waals surface area contributed by atoms with E-state index in [-0.39, 0.29) is 12.3 Å². The molecule has 0 spiro atoms. The number of imidazole rings is 1. The maximum Gasteiger partial charge on any atom is 0.433 e. The molecular weight excluding hydrogens is 354 g/mol. The van der Waals surface area contributed by atoms with E-state index in [0.717, 1.165) is 11.9 Å². The van der Waals surface area contributed by atoms with Crippen molar-refractivity contribution in [2.75, 3.05) is 18.4 Å². The van der Waals surface area contributed by atoms with Crippen LogP contribution in [0.1, 0.15) is 22.2 Å². The highest BCUT2D eigenvalue weighted by Gasteiger charge is 2.16. The third-order valence-electron chi connectivity index (χ3n) is 3.61. The van der Waals surface area contributed by atoms with Crippen LogP contribution in [0.25, 0.3) is 5.82 Å². The highest BCUT2D eigenvalue weighted by molar-refractivity contribution is 5.91. The first-order valence-electron chi connectivity index (χ1n) is 8.06. The molecule has 27 heavy (non-hydrogen) atoms. The fourth-order valence-electron chi connectivity index (χ4n) is 2.39. The number of amides is 1. The lowest BCUT2D eigenvalue weighted by Crippen LogP contribution is -2.28. The van der Waals surface area contributed by atoms with Gasteiger partial charge in [-0.25, -0.2) is 15.0 Å². The zero-order valence-electron chi connectivity index (χ0n) is 14.7. The highest BCUT2D eigenvalue weighted by Crippen LogP contribution is 2.15. The average molecular weight is 371 g/mol. The van der Waals surface area contributed by atoms with Gasteiger partial charge in [-0.2, -0.15) is 0 Å². The third kappa shape index (κ3) is 4.26. The van der Waals surface area contributed by atoms with Crippen LogP contribution >= 0.6 is 0 Å². The van der Waals surface area contributed by atoms with Crippen LogP contribution in [0.2, 0.25) is 0 Å². The molecule has 3 rings (SSSR count). The molecule has 0 aromatic carbocycles. The molecule has 140 valence electrons. The molecule has 0 aliphatic rings. The second-order valence-corrected chi connectivity index (χ2v) is 5.58. The standard InChI is InChI=1S/C16H17N7O4/c1-10-20-13(9-14(21-10)22-8-7-17-11(22)2)18-5-6-19-16(24)12-3-4-15(27-12)23(25)26/h3-4,7-9H,5-6H2,1-2H3,(H,19,24)(H,18,20,21). The topological polar surface area (TPSA) is 141 Å². The van der Waals surface area contributed by atoms with Crippen molar-refractivity contribution >= 4 is 17.6 Å². The molecule has 3 heterocycles. The van der Waals surface area contributed by atoms with E-state index in [1.807, 2.05) is 17.7 Å². The number of nitrogens with zero attached hydrogens (tertiary/aromatic N) is 5. The number of nitrogens with one attached hydrogen (secondary N) is 2. The summed E-state index contributed by atoms with van der Waals surface area (Å²) in [4.78, 5) is 34.6. The van der Waals surface area contributed by atoms with Crippen molar-refractivity contribution in [3.8, 4) is 5.82 Å². The van der Waals surface area contributed by atoms with Crippen LogP contribution in [0.15, 0.2) is 35.0 Å². The highest BCUT2D eigenvalue weighted by atomic mass is 16.6. The molecule has 0 atom stereocenters. The summed E-state index contributed by atoms with van der Waals surface area (Å²) in [6.45, 7) is 4.33.